The summed E-state index contributed by atoms with van der Waals surface area (Å²) in [5, 5.41) is 10.4. The average Bonchev–Trinajstić information content (AvgIpc) is 2.65. The second kappa shape index (κ2) is 5.98. The molecule has 0 aliphatic carbocycles. The molecule has 0 aromatic heterocycles. The van der Waals surface area contributed by atoms with Crippen molar-refractivity contribution in [3.8, 4) is 0 Å². The van der Waals surface area contributed by atoms with E-state index in [1.54, 1.807) is 6.07 Å². The van der Waals surface area contributed by atoms with E-state index in [-0.39, 0.29) is 18.8 Å². The molecule has 5 heteroatoms. The highest BCUT2D eigenvalue weighted by molar-refractivity contribution is 6.42. The van der Waals surface area contributed by atoms with Gasteiger partial charge >= 0.3 is 0 Å². The van der Waals surface area contributed by atoms with Crippen LogP contribution in [0.4, 0.5) is 0 Å². The number of rotatable bonds is 4. The number of aryl methyl sites for hydroxylation is 1. The monoisotopic (exact) mass is 304 g/mol. The fourth-order valence-corrected chi connectivity index (χ4v) is 2.63. The Morgan fingerprint density at radius 2 is 1.84 bits per heavy atom. The molecule has 1 fully saturated rings. The normalized spacial score (nSPS) is 25.7. The molecule has 0 bridgehead atoms. The highest BCUT2D eigenvalue weighted by Crippen LogP contribution is 2.31. The Kier molecular flexibility index (Phi) is 4.75. The number of hydrogen-bond acceptors (Lipinski definition) is 3. The van der Waals surface area contributed by atoms with Crippen molar-refractivity contribution >= 4 is 23.2 Å². The summed E-state index contributed by atoms with van der Waals surface area (Å²) in [6, 6.07) is 5.60. The summed E-state index contributed by atoms with van der Waals surface area (Å²) < 4.78 is 11.4. The Bertz CT molecular complexity index is 448. The first-order valence-corrected chi connectivity index (χ1v) is 7.07. The lowest BCUT2D eigenvalue weighted by Crippen LogP contribution is -2.26. The van der Waals surface area contributed by atoms with Gasteiger partial charge in [0.2, 0.25) is 0 Å². The average molecular weight is 305 g/mol. The molecule has 1 aliphatic heterocycles. The van der Waals surface area contributed by atoms with Crippen molar-refractivity contribution < 1.29 is 14.6 Å². The number of ether oxygens (including phenoxy) is 2. The van der Waals surface area contributed by atoms with E-state index in [4.69, 9.17) is 32.7 Å². The molecule has 1 saturated heterocycles. The van der Waals surface area contributed by atoms with Crippen LogP contribution >= 0.6 is 23.2 Å². The minimum absolute atomic E-state index is 0.0323. The van der Waals surface area contributed by atoms with Crippen molar-refractivity contribution in [3.63, 3.8) is 0 Å². The molecule has 3 nitrogen and oxygen atoms in total. The van der Waals surface area contributed by atoms with Gasteiger partial charge in [0, 0.05) is 0 Å². The Morgan fingerprint density at radius 3 is 2.47 bits per heavy atom. The Labute approximate surface area is 123 Å². The van der Waals surface area contributed by atoms with Gasteiger partial charge < -0.3 is 14.6 Å². The van der Waals surface area contributed by atoms with Gasteiger partial charge in [-0.2, -0.15) is 0 Å². The van der Waals surface area contributed by atoms with Crippen LogP contribution in [0.2, 0.25) is 10.0 Å². The third kappa shape index (κ3) is 3.83. The summed E-state index contributed by atoms with van der Waals surface area (Å²) >= 11 is 11.9. The lowest BCUT2D eigenvalue weighted by molar-refractivity contribution is -0.149. The van der Waals surface area contributed by atoms with Crippen molar-refractivity contribution in [2.24, 2.45) is 0 Å². The largest absolute Gasteiger partial charge is 0.394 e. The number of aliphatic hydroxyl groups is 1. The quantitative estimate of drug-likeness (QED) is 0.926. The number of hydrogen-bond donors (Lipinski definition) is 1. The van der Waals surface area contributed by atoms with Gasteiger partial charge in [0.25, 0.3) is 0 Å². The van der Waals surface area contributed by atoms with E-state index >= 15 is 0 Å². The van der Waals surface area contributed by atoms with E-state index in [1.165, 1.54) is 0 Å². The molecule has 0 amide bonds. The fraction of sp³-hybridized carbons (Fsp3) is 0.571. The minimum Gasteiger partial charge on any atom is -0.394 e. The topological polar surface area (TPSA) is 38.7 Å². The zero-order chi connectivity index (χ0) is 14.0. The predicted molar refractivity (Wildman–Crippen MR) is 75.7 cm³/mol. The van der Waals surface area contributed by atoms with Crippen LogP contribution in [0.25, 0.3) is 0 Å². The second-order valence-corrected chi connectivity index (χ2v) is 6.00. The molecule has 0 spiro atoms. The van der Waals surface area contributed by atoms with Crippen LogP contribution in [0, 0.1) is 0 Å². The van der Waals surface area contributed by atoms with Gasteiger partial charge in [0.15, 0.2) is 5.79 Å². The lowest BCUT2D eigenvalue weighted by Gasteiger charge is -2.16. The van der Waals surface area contributed by atoms with Gasteiger partial charge in [-0.1, -0.05) is 29.3 Å². The molecule has 1 N–H and O–H groups in total. The maximum Gasteiger partial charge on any atom is 0.163 e. The first-order chi connectivity index (χ1) is 8.91. The lowest BCUT2D eigenvalue weighted by atomic mass is 10.0. The zero-order valence-corrected chi connectivity index (χ0v) is 12.5. The molecule has 106 valence electrons. The van der Waals surface area contributed by atoms with Crippen LogP contribution in [-0.4, -0.2) is 29.7 Å². The van der Waals surface area contributed by atoms with Crippen LogP contribution in [0.3, 0.4) is 0 Å². The Balaban J connectivity index is 1.96. The predicted octanol–water partition coefficient (Wildman–Crippen LogP) is 3.44. The summed E-state index contributed by atoms with van der Waals surface area (Å²) in [4.78, 5) is 0. The molecule has 0 radical (unpaired) electrons. The first kappa shape index (κ1) is 15.1. The summed E-state index contributed by atoms with van der Waals surface area (Å²) in [5.41, 5.74) is 1.10. The summed E-state index contributed by atoms with van der Waals surface area (Å²) in [7, 11) is 0. The van der Waals surface area contributed by atoms with Crippen LogP contribution in [0.15, 0.2) is 18.2 Å². The highest BCUT2D eigenvalue weighted by atomic mass is 35.5. The fourth-order valence-electron chi connectivity index (χ4n) is 2.31. The van der Waals surface area contributed by atoms with Crippen molar-refractivity contribution in [1.29, 1.82) is 0 Å². The molecule has 1 aromatic rings. The molecule has 1 heterocycles. The molecule has 1 aromatic carbocycles. The van der Waals surface area contributed by atoms with Crippen molar-refractivity contribution in [2.75, 3.05) is 6.61 Å². The zero-order valence-electron chi connectivity index (χ0n) is 11.0. The van der Waals surface area contributed by atoms with Crippen LogP contribution in [-0.2, 0) is 15.9 Å². The van der Waals surface area contributed by atoms with Crippen LogP contribution in [0.1, 0.15) is 25.8 Å². The minimum atomic E-state index is -0.629. The Hall–Kier alpha value is -0.320. The third-order valence-corrected chi connectivity index (χ3v) is 3.91. The van der Waals surface area contributed by atoms with Gasteiger partial charge in [-0.3, -0.25) is 0 Å². The van der Waals surface area contributed by atoms with Crippen LogP contribution < -0.4 is 0 Å². The van der Waals surface area contributed by atoms with E-state index in [0.29, 0.717) is 10.0 Å². The maximum absolute atomic E-state index is 9.30. The van der Waals surface area contributed by atoms with Crippen LogP contribution in [0.5, 0.6) is 0 Å². The Morgan fingerprint density at radius 1 is 1.16 bits per heavy atom. The van der Waals surface area contributed by atoms with Gasteiger partial charge in [0.1, 0.15) is 6.10 Å². The van der Waals surface area contributed by atoms with E-state index in [2.05, 4.69) is 0 Å². The smallest absolute Gasteiger partial charge is 0.163 e. The van der Waals surface area contributed by atoms with Crippen molar-refractivity contribution in [3.05, 3.63) is 33.8 Å². The van der Waals surface area contributed by atoms with E-state index in [1.807, 2.05) is 26.0 Å². The van der Waals surface area contributed by atoms with E-state index < -0.39 is 5.79 Å². The molecule has 2 rings (SSSR count). The summed E-state index contributed by atoms with van der Waals surface area (Å²) in [6.45, 7) is 3.68. The second-order valence-electron chi connectivity index (χ2n) is 5.18. The van der Waals surface area contributed by atoms with Gasteiger partial charge in [-0.25, -0.2) is 0 Å². The van der Waals surface area contributed by atoms with Crippen molar-refractivity contribution in [2.45, 2.75) is 44.7 Å². The molecular weight excluding hydrogens is 287 g/mol. The van der Waals surface area contributed by atoms with Gasteiger partial charge in [0.05, 0.1) is 22.8 Å². The number of halogens is 2. The van der Waals surface area contributed by atoms with Gasteiger partial charge in [-0.15, -0.1) is 0 Å². The summed E-state index contributed by atoms with van der Waals surface area (Å²) in [6.07, 6.45) is 1.21. The van der Waals surface area contributed by atoms with E-state index in [0.717, 1.165) is 18.4 Å². The van der Waals surface area contributed by atoms with E-state index in [9.17, 15) is 5.11 Å². The molecule has 19 heavy (non-hydrogen) atoms. The highest BCUT2D eigenvalue weighted by Gasteiger charge is 2.40. The van der Waals surface area contributed by atoms with Gasteiger partial charge in [-0.05, 0) is 44.4 Å². The molecule has 0 saturated carbocycles. The molecule has 2 unspecified atom stereocenters. The standard InChI is InChI=1S/C14H18Cl2O3/c1-14(2)18-12(13(8-17)19-14)6-4-9-3-5-10(15)11(16)7-9/h3,5,7,12-13,17H,4,6,8H2,1-2H3. The number of benzene rings is 1. The molecule has 1 aliphatic rings. The SMILES string of the molecule is CC1(C)OC(CO)C(CCc2ccc(Cl)c(Cl)c2)O1. The van der Waals surface area contributed by atoms with Crippen molar-refractivity contribution in [1.82, 2.24) is 0 Å². The first-order valence-electron chi connectivity index (χ1n) is 6.32. The molecule has 2 atom stereocenters. The third-order valence-electron chi connectivity index (χ3n) is 3.17. The maximum atomic E-state index is 9.30. The molecular formula is C14H18Cl2O3. The summed E-state index contributed by atoms with van der Waals surface area (Å²) in [5.74, 6) is -0.629. The number of aliphatic hydroxyl groups excluding tert-OH is 1.